The van der Waals surface area contributed by atoms with Crippen molar-refractivity contribution < 1.29 is 0 Å². The van der Waals surface area contributed by atoms with Crippen LogP contribution in [-0.2, 0) is 6.42 Å². The molecule has 90 valence electrons. The summed E-state index contributed by atoms with van der Waals surface area (Å²) in [7, 11) is 0. The highest BCUT2D eigenvalue weighted by Gasteiger charge is 2.09. The van der Waals surface area contributed by atoms with Crippen LogP contribution in [0, 0.1) is 5.92 Å². The summed E-state index contributed by atoms with van der Waals surface area (Å²) in [6.07, 6.45) is 1.03. The van der Waals surface area contributed by atoms with Gasteiger partial charge < -0.3 is 11.1 Å². The van der Waals surface area contributed by atoms with E-state index >= 15 is 0 Å². The summed E-state index contributed by atoms with van der Waals surface area (Å²) in [5, 5.41) is 3.50. The van der Waals surface area contributed by atoms with E-state index in [-0.39, 0.29) is 0 Å². The van der Waals surface area contributed by atoms with Crippen LogP contribution in [0.15, 0.2) is 28.7 Å². The molecule has 0 saturated carbocycles. The average Bonchev–Trinajstić information content (AvgIpc) is 2.26. The standard InChI is InChI=1S/C13H21BrN2/c1-10(2)13(9-15)16-8-7-11-5-3-4-6-12(11)14/h3-6,10,13,16H,7-9,15H2,1-2H3. The molecule has 2 nitrogen and oxygen atoms in total. The Hall–Kier alpha value is -0.380. The van der Waals surface area contributed by atoms with Gasteiger partial charge in [-0.3, -0.25) is 0 Å². The zero-order valence-electron chi connectivity index (χ0n) is 10.0. The molecular weight excluding hydrogens is 264 g/mol. The van der Waals surface area contributed by atoms with Crippen LogP contribution in [0.25, 0.3) is 0 Å². The van der Waals surface area contributed by atoms with Gasteiger partial charge in [0, 0.05) is 17.1 Å². The van der Waals surface area contributed by atoms with Gasteiger partial charge >= 0.3 is 0 Å². The van der Waals surface area contributed by atoms with Crippen LogP contribution in [0.1, 0.15) is 19.4 Å². The molecule has 0 fully saturated rings. The maximum absolute atomic E-state index is 5.71. The molecule has 0 aliphatic carbocycles. The Labute approximate surface area is 107 Å². The Bertz CT molecular complexity index is 313. The maximum atomic E-state index is 5.71. The zero-order valence-corrected chi connectivity index (χ0v) is 11.6. The van der Waals surface area contributed by atoms with Crippen molar-refractivity contribution in [3.8, 4) is 0 Å². The predicted octanol–water partition coefficient (Wildman–Crippen LogP) is 2.56. The first-order valence-electron chi connectivity index (χ1n) is 5.82. The fraction of sp³-hybridized carbons (Fsp3) is 0.538. The zero-order chi connectivity index (χ0) is 12.0. The summed E-state index contributed by atoms with van der Waals surface area (Å²) in [4.78, 5) is 0. The molecule has 3 heteroatoms. The lowest BCUT2D eigenvalue weighted by atomic mass is 10.0. The number of hydrogen-bond acceptors (Lipinski definition) is 2. The lowest BCUT2D eigenvalue weighted by Crippen LogP contribution is -2.41. The highest BCUT2D eigenvalue weighted by Crippen LogP contribution is 2.15. The third kappa shape index (κ3) is 4.24. The number of nitrogens with two attached hydrogens (primary N) is 1. The molecule has 16 heavy (non-hydrogen) atoms. The fourth-order valence-corrected chi connectivity index (χ4v) is 2.17. The Morgan fingerprint density at radius 2 is 2.00 bits per heavy atom. The molecule has 0 radical (unpaired) electrons. The van der Waals surface area contributed by atoms with Gasteiger partial charge in [0.1, 0.15) is 0 Å². The van der Waals surface area contributed by atoms with Crippen LogP contribution < -0.4 is 11.1 Å². The molecule has 0 aliphatic rings. The summed E-state index contributed by atoms with van der Waals surface area (Å²) in [5.74, 6) is 0.587. The second-order valence-electron chi connectivity index (χ2n) is 4.38. The third-order valence-corrected chi connectivity index (χ3v) is 3.59. The highest BCUT2D eigenvalue weighted by atomic mass is 79.9. The molecule has 0 heterocycles. The van der Waals surface area contributed by atoms with Gasteiger partial charge in [0.15, 0.2) is 0 Å². The number of halogens is 1. The maximum Gasteiger partial charge on any atom is 0.0213 e. The van der Waals surface area contributed by atoms with Crippen LogP contribution in [0.4, 0.5) is 0 Å². The minimum Gasteiger partial charge on any atom is -0.329 e. The molecule has 1 unspecified atom stereocenters. The van der Waals surface area contributed by atoms with Crippen molar-refractivity contribution in [2.75, 3.05) is 13.1 Å². The molecule has 0 aliphatic heterocycles. The van der Waals surface area contributed by atoms with Crippen LogP contribution in [0.5, 0.6) is 0 Å². The second kappa shape index (κ2) is 7.05. The third-order valence-electron chi connectivity index (χ3n) is 2.82. The van der Waals surface area contributed by atoms with Crippen molar-refractivity contribution in [2.45, 2.75) is 26.3 Å². The first kappa shape index (κ1) is 13.7. The largest absolute Gasteiger partial charge is 0.329 e. The topological polar surface area (TPSA) is 38.0 Å². The monoisotopic (exact) mass is 284 g/mol. The Kier molecular flexibility index (Phi) is 6.03. The normalized spacial score (nSPS) is 13.1. The van der Waals surface area contributed by atoms with E-state index in [1.807, 2.05) is 6.07 Å². The van der Waals surface area contributed by atoms with E-state index in [4.69, 9.17) is 5.73 Å². The summed E-state index contributed by atoms with van der Waals surface area (Å²) in [5.41, 5.74) is 7.05. The van der Waals surface area contributed by atoms with Crippen LogP contribution >= 0.6 is 15.9 Å². The van der Waals surface area contributed by atoms with Gasteiger partial charge in [-0.25, -0.2) is 0 Å². The summed E-state index contributed by atoms with van der Waals surface area (Å²) >= 11 is 3.56. The van der Waals surface area contributed by atoms with Gasteiger partial charge in [-0.1, -0.05) is 48.0 Å². The second-order valence-corrected chi connectivity index (χ2v) is 5.24. The molecule has 0 amide bonds. The van der Waals surface area contributed by atoms with Gasteiger partial charge in [-0.2, -0.15) is 0 Å². The van der Waals surface area contributed by atoms with Gasteiger partial charge in [0.25, 0.3) is 0 Å². The van der Waals surface area contributed by atoms with Gasteiger partial charge in [0.05, 0.1) is 0 Å². The minimum absolute atomic E-state index is 0.419. The van der Waals surface area contributed by atoms with E-state index in [2.05, 4.69) is 53.3 Å². The summed E-state index contributed by atoms with van der Waals surface area (Å²) in [6.45, 7) is 6.07. The molecule has 1 aromatic carbocycles. The molecule has 3 N–H and O–H groups in total. The van der Waals surface area contributed by atoms with Crippen LogP contribution in [0.2, 0.25) is 0 Å². The van der Waals surface area contributed by atoms with E-state index in [1.54, 1.807) is 0 Å². The van der Waals surface area contributed by atoms with Crippen molar-refractivity contribution in [1.82, 2.24) is 5.32 Å². The molecule has 0 aromatic heterocycles. The molecule has 1 rings (SSSR count). The Balaban J connectivity index is 2.38. The van der Waals surface area contributed by atoms with Crippen molar-refractivity contribution in [2.24, 2.45) is 11.7 Å². The summed E-state index contributed by atoms with van der Waals surface area (Å²) in [6, 6.07) is 8.76. The van der Waals surface area contributed by atoms with Gasteiger partial charge in [-0.15, -0.1) is 0 Å². The van der Waals surface area contributed by atoms with Crippen molar-refractivity contribution >= 4 is 15.9 Å². The molecule has 0 bridgehead atoms. The number of benzene rings is 1. The van der Waals surface area contributed by atoms with Crippen molar-refractivity contribution in [1.29, 1.82) is 0 Å². The van der Waals surface area contributed by atoms with E-state index in [0.29, 0.717) is 18.5 Å². The Morgan fingerprint density at radius 1 is 1.31 bits per heavy atom. The van der Waals surface area contributed by atoms with Crippen molar-refractivity contribution in [3.63, 3.8) is 0 Å². The van der Waals surface area contributed by atoms with Crippen molar-refractivity contribution in [3.05, 3.63) is 34.3 Å². The number of nitrogens with one attached hydrogen (secondary N) is 1. The Morgan fingerprint density at radius 3 is 2.56 bits per heavy atom. The number of rotatable bonds is 6. The average molecular weight is 285 g/mol. The van der Waals surface area contributed by atoms with E-state index < -0.39 is 0 Å². The van der Waals surface area contributed by atoms with Gasteiger partial charge in [-0.05, 0) is 30.5 Å². The van der Waals surface area contributed by atoms with E-state index in [0.717, 1.165) is 13.0 Å². The van der Waals surface area contributed by atoms with Crippen LogP contribution in [0.3, 0.4) is 0 Å². The lowest BCUT2D eigenvalue weighted by molar-refractivity contribution is 0.409. The minimum atomic E-state index is 0.419. The molecule has 1 aromatic rings. The van der Waals surface area contributed by atoms with Gasteiger partial charge in [0.2, 0.25) is 0 Å². The van der Waals surface area contributed by atoms with E-state index in [9.17, 15) is 0 Å². The quantitative estimate of drug-likeness (QED) is 0.843. The first-order chi connectivity index (χ1) is 7.65. The molecule has 0 spiro atoms. The number of hydrogen-bond donors (Lipinski definition) is 2. The van der Waals surface area contributed by atoms with E-state index in [1.165, 1.54) is 10.0 Å². The summed E-state index contributed by atoms with van der Waals surface area (Å²) < 4.78 is 1.19. The van der Waals surface area contributed by atoms with Crippen LogP contribution in [-0.4, -0.2) is 19.1 Å². The molecule has 1 atom stereocenters. The fourth-order valence-electron chi connectivity index (χ4n) is 1.68. The smallest absolute Gasteiger partial charge is 0.0213 e. The SMILES string of the molecule is CC(C)C(CN)NCCc1ccccc1Br. The first-order valence-corrected chi connectivity index (χ1v) is 6.61. The predicted molar refractivity (Wildman–Crippen MR) is 73.5 cm³/mol. The highest BCUT2D eigenvalue weighted by molar-refractivity contribution is 9.10. The molecule has 0 saturated heterocycles. The lowest BCUT2D eigenvalue weighted by Gasteiger charge is -2.20. The molecular formula is C13H21BrN2.